The summed E-state index contributed by atoms with van der Waals surface area (Å²) < 4.78 is 0. The smallest absolute Gasteiger partial charge is 0.231 e. The van der Waals surface area contributed by atoms with E-state index in [9.17, 15) is 9.90 Å². The van der Waals surface area contributed by atoms with Gasteiger partial charge in [0.05, 0.1) is 5.92 Å². The molecule has 2 atom stereocenters. The summed E-state index contributed by atoms with van der Waals surface area (Å²) >= 11 is 0. The van der Waals surface area contributed by atoms with Crippen molar-refractivity contribution in [3.05, 3.63) is 24.3 Å². The minimum Gasteiger partial charge on any atom is -0.508 e. The zero-order valence-corrected chi connectivity index (χ0v) is 10.2. The molecule has 0 radical (unpaired) electrons. The van der Waals surface area contributed by atoms with Crippen molar-refractivity contribution in [1.82, 2.24) is 5.32 Å². The lowest BCUT2D eigenvalue weighted by Crippen LogP contribution is -2.36. The lowest BCUT2D eigenvalue weighted by molar-refractivity contribution is -0.122. The van der Waals surface area contributed by atoms with Gasteiger partial charge < -0.3 is 15.3 Å². The maximum absolute atomic E-state index is 12.3. The van der Waals surface area contributed by atoms with Crippen molar-refractivity contribution in [2.45, 2.75) is 6.92 Å². The number of hydrogen-bond acceptors (Lipinski definition) is 3. The summed E-state index contributed by atoms with van der Waals surface area (Å²) in [6.07, 6.45) is 0. The maximum atomic E-state index is 12.3. The van der Waals surface area contributed by atoms with E-state index in [1.54, 1.807) is 30.1 Å². The molecular formula is C13H18N2O2. The molecule has 0 spiro atoms. The SMILES string of the molecule is C[C@@H]1CNC[C@H]1C(=O)N(C)c1cccc(O)c1. The first kappa shape index (κ1) is 11.9. The molecule has 0 unspecified atom stereocenters. The molecule has 1 amide bonds. The molecule has 17 heavy (non-hydrogen) atoms. The monoisotopic (exact) mass is 234 g/mol. The first-order valence-corrected chi connectivity index (χ1v) is 5.87. The van der Waals surface area contributed by atoms with E-state index in [4.69, 9.17) is 0 Å². The normalized spacial score (nSPS) is 23.6. The quantitative estimate of drug-likeness (QED) is 0.808. The highest BCUT2D eigenvalue weighted by Crippen LogP contribution is 2.24. The van der Waals surface area contributed by atoms with Crippen molar-refractivity contribution in [3.8, 4) is 5.75 Å². The molecule has 4 heteroatoms. The van der Waals surface area contributed by atoms with E-state index in [0.717, 1.165) is 18.8 Å². The number of rotatable bonds is 2. The Morgan fingerprint density at radius 1 is 1.47 bits per heavy atom. The maximum Gasteiger partial charge on any atom is 0.231 e. The average Bonchev–Trinajstić information content (AvgIpc) is 2.73. The van der Waals surface area contributed by atoms with E-state index >= 15 is 0 Å². The number of carbonyl (C=O) groups excluding carboxylic acids is 1. The van der Waals surface area contributed by atoms with E-state index in [2.05, 4.69) is 12.2 Å². The second-order valence-electron chi connectivity index (χ2n) is 4.66. The fraction of sp³-hybridized carbons (Fsp3) is 0.462. The van der Waals surface area contributed by atoms with Crippen molar-refractivity contribution in [1.29, 1.82) is 0 Å². The molecule has 1 aromatic carbocycles. The number of phenolic OH excluding ortho intramolecular Hbond substituents is 1. The standard InChI is InChI=1S/C13H18N2O2/c1-9-7-14-8-12(9)13(17)15(2)10-4-3-5-11(16)6-10/h3-6,9,12,14,16H,7-8H2,1-2H3/t9-,12-/m1/s1. The third-order valence-electron chi connectivity index (χ3n) is 3.38. The molecule has 1 aliphatic heterocycles. The Kier molecular flexibility index (Phi) is 3.33. The number of benzene rings is 1. The molecule has 0 aliphatic carbocycles. The van der Waals surface area contributed by atoms with Crippen LogP contribution in [0.5, 0.6) is 5.75 Å². The van der Waals surface area contributed by atoms with Gasteiger partial charge in [0, 0.05) is 25.3 Å². The van der Waals surface area contributed by atoms with Crippen molar-refractivity contribution in [2.75, 3.05) is 25.0 Å². The van der Waals surface area contributed by atoms with Crippen LogP contribution in [0.25, 0.3) is 0 Å². The van der Waals surface area contributed by atoms with Crippen LogP contribution in [-0.4, -0.2) is 31.2 Å². The van der Waals surface area contributed by atoms with E-state index in [0.29, 0.717) is 5.92 Å². The molecule has 4 nitrogen and oxygen atoms in total. The summed E-state index contributed by atoms with van der Waals surface area (Å²) in [5.41, 5.74) is 0.731. The van der Waals surface area contributed by atoms with Gasteiger partial charge in [-0.25, -0.2) is 0 Å². The third kappa shape index (κ3) is 2.42. The Balaban J connectivity index is 2.14. The number of phenols is 1. The molecule has 1 aromatic rings. The number of nitrogens with one attached hydrogen (secondary N) is 1. The number of aromatic hydroxyl groups is 1. The largest absolute Gasteiger partial charge is 0.508 e. The Hall–Kier alpha value is -1.55. The van der Waals surface area contributed by atoms with Gasteiger partial charge in [-0.3, -0.25) is 4.79 Å². The van der Waals surface area contributed by atoms with E-state index < -0.39 is 0 Å². The van der Waals surface area contributed by atoms with Crippen molar-refractivity contribution >= 4 is 11.6 Å². The number of carbonyl (C=O) groups is 1. The van der Waals surface area contributed by atoms with Crippen LogP contribution in [0.3, 0.4) is 0 Å². The molecule has 1 heterocycles. The van der Waals surface area contributed by atoms with Crippen molar-refractivity contribution in [2.24, 2.45) is 11.8 Å². The number of anilines is 1. The fourth-order valence-corrected chi connectivity index (χ4v) is 2.22. The van der Waals surface area contributed by atoms with Gasteiger partial charge in [0.25, 0.3) is 0 Å². The van der Waals surface area contributed by atoms with Crippen molar-refractivity contribution in [3.63, 3.8) is 0 Å². The Morgan fingerprint density at radius 3 is 2.82 bits per heavy atom. The topological polar surface area (TPSA) is 52.6 Å². The molecule has 1 saturated heterocycles. The molecule has 2 N–H and O–H groups in total. The number of hydrogen-bond donors (Lipinski definition) is 2. The van der Waals surface area contributed by atoms with Gasteiger partial charge in [-0.15, -0.1) is 0 Å². The van der Waals surface area contributed by atoms with E-state index in [1.165, 1.54) is 0 Å². The molecule has 2 rings (SSSR count). The van der Waals surface area contributed by atoms with Crippen molar-refractivity contribution < 1.29 is 9.90 Å². The van der Waals surface area contributed by atoms with E-state index in [-0.39, 0.29) is 17.6 Å². The lowest BCUT2D eigenvalue weighted by Gasteiger charge is -2.23. The van der Waals surface area contributed by atoms with Gasteiger partial charge in [0.1, 0.15) is 5.75 Å². The molecule has 0 aromatic heterocycles. The third-order valence-corrected chi connectivity index (χ3v) is 3.38. The van der Waals surface area contributed by atoms with Crippen LogP contribution >= 0.6 is 0 Å². The van der Waals surface area contributed by atoms with Gasteiger partial charge in [-0.1, -0.05) is 13.0 Å². The predicted octanol–water partition coefficient (Wildman–Crippen LogP) is 1.21. The summed E-state index contributed by atoms with van der Waals surface area (Å²) in [6, 6.07) is 6.77. The first-order chi connectivity index (χ1) is 8.09. The highest BCUT2D eigenvalue weighted by atomic mass is 16.3. The molecule has 1 fully saturated rings. The molecule has 1 aliphatic rings. The van der Waals surface area contributed by atoms with Crippen LogP contribution in [0.1, 0.15) is 6.92 Å². The van der Waals surface area contributed by atoms with Crippen LogP contribution in [0.15, 0.2) is 24.3 Å². The lowest BCUT2D eigenvalue weighted by atomic mass is 9.96. The molecule has 0 saturated carbocycles. The van der Waals surface area contributed by atoms with Gasteiger partial charge in [-0.05, 0) is 24.6 Å². The minimum atomic E-state index is 0.0300. The highest BCUT2D eigenvalue weighted by Gasteiger charge is 2.31. The van der Waals surface area contributed by atoms with Crippen LogP contribution in [0.2, 0.25) is 0 Å². The van der Waals surface area contributed by atoms with Crippen LogP contribution in [0, 0.1) is 11.8 Å². The zero-order valence-electron chi connectivity index (χ0n) is 10.2. The highest BCUT2D eigenvalue weighted by molar-refractivity contribution is 5.95. The minimum absolute atomic E-state index is 0.0300. The summed E-state index contributed by atoms with van der Waals surface area (Å²) in [6.45, 7) is 3.71. The van der Waals surface area contributed by atoms with Gasteiger partial charge in [0.15, 0.2) is 0 Å². The summed E-state index contributed by atoms with van der Waals surface area (Å²) in [5, 5.41) is 12.6. The molecule has 92 valence electrons. The molecular weight excluding hydrogens is 216 g/mol. The Bertz CT molecular complexity index is 420. The van der Waals surface area contributed by atoms with Gasteiger partial charge in [-0.2, -0.15) is 0 Å². The average molecular weight is 234 g/mol. The Morgan fingerprint density at radius 2 is 2.24 bits per heavy atom. The summed E-state index contributed by atoms with van der Waals surface area (Å²) in [4.78, 5) is 13.9. The van der Waals surface area contributed by atoms with Gasteiger partial charge >= 0.3 is 0 Å². The van der Waals surface area contributed by atoms with Crippen LogP contribution in [0.4, 0.5) is 5.69 Å². The van der Waals surface area contributed by atoms with Gasteiger partial charge in [0.2, 0.25) is 5.91 Å². The van der Waals surface area contributed by atoms with Crippen LogP contribution in [-0.2, 0) is 4.79 Å². The Labute approximate surface area is 101 Å². The number of nitrogens with zero attached hydrogens (tertiary/aromatic N) is 1. The number of amides is 1. The predicted molar refractivity (Wildman–Crippen MR) is 67.0 cm³/mol. The first-order valence-electron chi connectivity index (χ1n) is 5.87. The van der Waals surface area contributed by atoms with Crippen LogP contribution < -0.4 is 10.2 Å². The summed E-state index contributed by atoms with van der Waals surface area (Å²) in [5.74, 6) is 0.678. The molecule has 0 bridgehead atoms. The fourth-order valence-electron chi connectivity index (χ4n) is 2.22. The zero-order chi connectivity index (χ0) is 12.4. The summed E-state index contributed by atoms with van der Waals surface area (Å²) in [7, 11) is 1.75. The second kappa shape index (κ2) is 4.75. The second-order valence-corrected chi connectivity index (χ2v) is 4.66. The van der Waals surface area contributed by atoms with E-state index in [1.807, 2.05) is 6.07 Å².